The summed E-state index contributed by atoms with van der Waals surface area (Å²) in [6.07, 6.45) is 11.5. The van der Waals surface area contributed by atoms with Crippen molar-refractivity contribution in [1.29, 1.82) is 0 Å². The molecule has 4 aliphatic carbocycles. The number of rotatable bonds is 5. The van der Waals surface area contributed by atoms with Gasteiger partial charge in [-0.1, -0.05) is 25.1 Å². The van der Waals surface area contributed by atoms with Gasteiger partial charge in [0.2, 0.25) is 0 Å². The molecule has 0 unspecified atom stereocenters. The number of unbranched alkanes of at least 4 members (excludes halogenated alkanes) is 1. The molecule has 4 fully saturated rings. The van der Waals surface area contributed by atoms with Gasteiger partial charge in [0, 0.05) is 17.1 Å². The average molecular weight is 362 g/mol. The molecule has 0 spiro atoms. The maximum Gasteiger partial charge on any atom is 0.333 e. The molecule has 25 heavy (non-hydrogen) atoms. The number of allylic oxidation sites excluding steroid dienone is 2. The lowest BCUT2D eigenvalue weighted by atomic mass is 9.54. The molecular formula is C21H31NO2S. The molecule has 1 aliphatic heterocycles. The van der Waals surface area contributed by atoms with Crippen LogP contribution in [0.4, 0.5) is 0 Å². The molecule has 0 aromatic rings. The molecule has 0 N–H and O–H groups in total. The minimum absolute atomic E-state index is 0.117. The molecule has 0 radical (unpaired) electrons. The Balaban J connectivity index is 1.45. The Kier molecular flexibility index (Phi) is 4.68. The van der Waals surface area contributed by atoms with E-state index in [1.54, 1.807) is 17.8 Å². The predicted molar refractivity (Wildman–Crippen MR) is 103 cm³/mol. The minimum Gasteiger partial charge on any atom is -0.456 e. The van der Waals surface area contributed by atoms with E-state index in [1.807, 2.05) is 0 Å². The highest BCUT2D eigenvalue weighted by Gasteiger charge is 2.53. The zero-order valence-electron chi connectivity index (χ0n) is 15.8. The van der Waals surface area contributed by atoms with Crippen molar-refractivity contribution >= 4 is 17.7 Å². The fraction of sp³-hybridized carbons (Fsp3) is 0.762. The second-order valence-corrected chi connectivity index (χ2v) is 9.99. The molecule has 1 heterocycles. The van der Waals surface area contributed by atoms with Crippen LogP contribution in [-0.4, -0.2) is 23.0 Å². The van der Waals surface area contributed by atoms with Crippen molar-refractivity contribution in [3.63, 3.8) is 0 Å². The average Bonchev–Trinajstić information content (AvgIpc) is 2.77. The Morgan fingerprint density at radius 2 is 1.80 bits per heavy atom. The van der Waals surface area contributed by atoms with E-state index < -0.39 is 0 Å². The summed E-state index contributed by atoms with van der Waals surface area (Å²) in [5.74, 6) is 2.30. The Hall–Kier alpha value is -0.900. The first kappa shape index (κ1) is 17.5. The van der Waals surface area contributed by atoms with E-state index in [2.05, 4.69) is 25.7 Å². The van der Waals surface area contributed by atoms with Gasteiger partial charge in [-0.25, -0.2) is 4.79 Å². The van der Waals surface area contributed by atoms with Crippen molar-refractivity contribution < 1.29 is 9.53 Å². The Morgan fingerprint density at radius 3 is 2.36 bits per heavy atom. The van der Waals surface area contributed by atoms with Gasteiger partial charge in [0.15, 0.2) is 0 Å². The second kappa shape index (κ2) is 6.68. The zero-order chi connectivity index (χ0) is 17.6. The van der Waals surface area contributed by atoms with E-state index in [-0.39, 0.29) is 11.6 Å². The topological polar surface area (TPSA) is 29.5 Å². The monoisotopic (exact) mass is 361 g/mol. The van der Waals surface area contributed by atoms with Crippen LogP contribution in [0.3, 0.4) is 0 Å². The van der Waals surface area contributed by atoms with Crippen molar-refractivity contribution in [2.45, 2.75) is 77.7 Å². The largest absolute Gasteiger partial charge is 0.456 e. The number of esters is 1. The number of carbonyl (C=O) groups is 1. The molecule has 4 saturated carbocycles. The van der Waals surface area contributed by atoms with Crippen LogP contribution in [0.15, 0.2) is 21.7 Å². The summed E-state index contributed by atoms with van der Waals surface area (Å²) in [5.41, 5.74) is 1.14. The highest BCUT2D eigenvalue weighted by molar-refractivity contribution is 8.06. The number of hydrogen-bond donors (Lipinski definition) is 0. The normalized spacial score (nSPS) is 38.1. The lowest BCUT2D eigenvalue weighted by molar-refractivity contribution is -0.181. The van der Waals surface area contributed by atoms with Crippen LogP contribution in [-0.2, 0) is 9.53 Å². The summed E-state index contributed by atoms with van der Waals surface area (Å²) in [4.78, 5) is 16.4. The molecule has 138 valence electrons. The van der Waals surface area contributed by atoms with Crippen LogP contribution in [0.2, 0.25) is 0 Å². The van der Waals surface area contributed by atoms with Crippen LogP contribution >= 0.6 is 11.8 Å². The fourth-order valence-corrected chi connectivity index (χ4v) is 6.91. The summed E-state index contributed by atoms with van der Waals surface area (Å²) in [6.45, 7) is 7.50. The summed E-state index contributed by atoms with van der Waals surface area (Å²) < 4.78 is 6.16. The second-order valence-electron chi connectivity index (χ2n) is 8.75. The molecule has 0 aromatic carbocycles. The summed E-state index contributed by atoms with van der Waals surface area (Å²) >= 11 is 1.72. The van der Waals surface area contributed by atoms with E-state index >= 15 is 0 Å². The van der Waals surface area contributed by atoms with E-state index in [1.165, 1.54) is 36.3 Å². The third-order valence-corrected chi connectivity index (χ3v) is 7.86. The molecule has 0 saturated heterocycles. The van der Waals surface area contributed by atoms with Gasteiger partial charge in [-0.3, -0.25) is 0 Å². The Morgan fingerprint density at radius 1 is 1.20 bits per heavy atom. The van der Waals surface area contributed by atoms with E-state index in [4.69, 9.17) is 4.74 Å². The Bertz CT molecular complexity index is 586. The predicted octanol–water partition coefficient (Wildman–Crippen LogP) is 5.44. The highest BCUT2D eigenvalue weighted by atomic mass is 32.2. The SMILES string of the molecule is CCCCN1C(C)=C(C)S/C1=C\C(=O)OC12CC3CC(CC(C3)C1)C2. The van der Waals surface area contributed by atoms with Gasteiger partial charge in [0.1, 0.15) is 5.60 Å². The molecule has 0 atom stereocenters. The van der Waals surface area contributed by atoms with Crippen molar-refractivity contribution in [3.05, 3.63) is 21.7 Å². The molecule has 4 bridgehead atoms. The van der Waals surface area contributed by atoms with Gasteiger partial charge in [-0.05, 0) is 76.5 Å². The summed E-state index contributed by atoms with van der Waals surface area (Å²) in [6, 6.07) is 0. The van der Waals surface area contributed by atoms with Crippen LogP contribution in [0.5, 0.6) is 0 Å². The van der Waals surface area contributed by atoms with Gasteiger partial charge >= 0.3 is 5.97 Å². The first-order chi connectivity index (χ1) is 12.0. The quantitative estimate of drug-likeness (QED) is 0.482. The smallest absolute Gasteiger partial charge is 0.333 e. The van der Waals surface area contributed by atoms with Gasteiger partial charge in [-0.2, -0.15) is 0 Å². The zero-order valence-corrected chi connectivity index (χ0v) is 16.7. The minimum atomic E-state index is -0.141. The number of nitrogens with zero attached hydrogens (tertiary/aromatic N) is 1. The molecular weight excluding hydrogens is 330 g/mol. The van der Waals surface area contributed by atoms with Gasteiger partial charge in [-0.15, -0.1) is 0 Å². The first-order valence-electron chi connectivity index (χ1n) is 10.1. The third-order valence-electron chi connectivity index (χ3n) is 6.71. The van der Waals surface area contributed by atoms with E-state index in [0.29, 0.717) is 0 Å². The van der Waals surface area contributed by atoms with E-state index in [0.717, 1.165) is 55.0 Å². The lowest BCUT2D eigenvalue weighted by Gasteiger charge is -2.55. The van der Waals surface area contributed by atoms with Crippen molar-refractivity contribution in [2.75, 3.05) is 6.54 Å². The van der Waals surface area contributed by atoms with E-state index in [9.17, 15) is 4.79 Å². The van der Waals surface area contributed by atoms with Gasteiger partial charge in [0.25, 0.3) is 0 Å². The standard InChI is InChI=1S/C21H31NO2S/c1-4-5-6-22-14(2)15(3)25-19(22)10-20(23)24-21-11-16-7-17(12-21)9-18(8-16)13-21/h10,16-18H,4-9,11-13H2,1-3H3/b19-10-. The Labute approximate surface area is 156 Å². The lowest BCUT2D eigenvalue weighted by Crippen LogP contribution is -2.52. The van der Waals surface area contributed by atoms with Crippen molar-refractivity contribution in [3.8, 4) is 0 Å². The molecule has 0 aromatic heterocycles. The number of carbonyl (C=O) groups excluding carboxylic acids is 1. The summed E-state index contributed by atoms with van der Waals surface area (Å²) in [7, 11) is 0. The maximum atomic E-state index is 12.8. The van der Waals surface area contributed by atoms with Crippen molar-refractivity contribution in [2.24, 2.45) is 17.8 Å². The highest BCUT2D eigenvalue weighted by Crippen LogP contribution is 2.57. The maximum absolute atomic E-state index is 12.8. The molecule has 4 heteroatoms. The number of hydrogen-bond acceptors (Lipinski definition) is 4. The summed E-state index contributed by atoms with van der Waals surface area (Å²) in [5, 5.41) is 1.05. The van der Waals surface area contributed by atoms with Crippen LogP contribution in [0.25, 0.3) is 0 Å². The third kappa shape index (κ3) is 3.39. The molecule has 0 amide bonds. The molecule has 5 aliphatic rings. The number of ether oxygens (including phenoxy) is 1. The van der Waals surface area contributed by atoms with Gasteiger partial charge < -0.3 is 9.64 Å². The van der Waals surface area contributed by atoms with Gasteiger partial charge in [0.05, 0.1) is 11.1 Å². The van der Waals surface area contributed by atoms with Crippen LogP contribution in [0, 0.1) is 17.8 Å². The molecule has 5 rings (SSSR count). The number of thioether (sulfide) groups is 1. The van der Waals surface area contributed by atoms with Crippen LogP contribution in [0.1, 0.15) is 72.1 Å². The fourth-order valence-electron chi connectivity index (χ4n) is 5.84. The first-order valence-corrected chi connectivity index (χ1v) is 10.9. The van der Waals surface area contributed by atoms with Crippen LogP contribution < -0.4 is 0 Å². The van der Waals surface area contributed by atoms with Crippen molar-refractivity contribution in [1.82, 2.24) is 4.90 Å². The molecule has 3 nitrogen and oxygen atoms in total.